The Morgan fingerprint density at radius 1 is 1.29 bits per heavy atom. The van der Waals surface area contributed by atoms with Crippen LogP contribution in [0.15, 0.2) is 22.9 Å². The average Bonchev–Trinajstić information content (AvgIpc) is 3.03. The van der Waals surface area contributed by atoms with Crippen LogP contribution in [0.4, 0.5) is 5.95 Å². The third kappa shape index (κ3) is 2.21. The molecule has 0 bridgehead atoms. The SMILES string of the molecule is NCC1CCN(c2ncc3c(n2)-c2ccoc2CC3)CC1. The van der Waals surface area contributed by atoms with Crippen molar-refractivity contribution in [2.24, 2.45) is 11.7 Å². The standard InChI is InChI=1S/C16H20N4O/c17-9-11-3-6-20(7-4-11)16-18-10-12-1-2-14-13(5-8-21-14)15(12)19-16/h5,8,10-11H,1-4,6-7,9,17H2. The van der Waals surface area contributed by atoms with E-state index in [4.69, 9.17) is 15.1 Å². The van der Waals surface area contributed by atoms with Crippen molar-refractivity contribution in [3.8, 4) is 11.3 Å². The summed E-state index contributed by atoms with van der Waals surface area (Å²) in [4.78, 5) is 11.7. The molecule has 2 aromatic rings. The highest BCUT2D eigenvalue weighted by molar-refractivity contribution is 5.68. The number of hydrogen-bond donors (Lipinski definition) is 1. The van der Waals surface area contributed by atoms with Crippen LogP contribution in [0.2, 0.25) is 0 Å². The molecule has 2 aliphatic rings. The maximum atomic E-state index is 5.76. The maximum absolute atomic E-state index is 5.76. The quantitative estimate of drug-likeness (QED) is 0.913. The van der Waals surface area contributed by atoms with Gasteiger partial charge in [-0.25, -0.2) is 9.97 Å². The zero-order chi connectivity index (χ0) is 14.2. The third-order valence-electron chi connectivity index (χ3n) is 4.70. The van der Waals surface area contributed by atoms with Gasteiger partial charge in [0.15, 0.2) is 0 Å². The van der Waals surface area contributed by atoms with Gasteiger partial charge in [-0.2, -0.15) is 0 Å². The van der Waals surface area contributed by atoms with E-state index in [0.29, 0.717) is 5.92 Å². The first kappa shape index (κ1) is 12.8. The summed E-state index contributed by atoms with van der Waals surface area (Å²) in [6.45, 7) is 2.79. The molecular formula is C16H20N4O. The molecule has 1 aliphatic heterocycles. The second kappa shape index (κ2) is 5.15. The molecule has 4 rings (SSSR count). The molecule has 1 saturated heterocycles. The van der Waals surface area contributed by atoms with Gasteiger partial charge in [-0.1, -0.05) is 0 Å². The lowest BCUT2D eigenvalue weighted by atomic mass is 9.95. The van der Waals surface area contributed by atoms with E-state index in [1.165, 1.54) is 5.56 Å². The first-order chi connectivity index (χ1) is 10.3. The van der Waals surface area contributed by atoms with E-state index in [1.54, 1.807) is 6.26 Å². The Kier molecular flexibility index (Phi) is 3.15. The number of nitrogens with zero attached hydrogens (tertiary/aromatic N) is 3. The van der Waals surface area contributed by atoms with Crippen LogP contribution in [0.1, 0.15) is 24.2 Å². The van der Waals surface area contributed by atoms with Crippen LogP contribution < -0.4 is 10.6 Å². The molecule has 0 aromatic carbocycles. The van der Waals surface area contributed by atoms with Crippen molar-refractivity contribution in [3.05, 3.63) is 29.9 Å². The largest absolute Gasteiger partial charge is 0.469 e. The van der Waals surface area contributed by atoms with Crippen molar-refractivity contribution in [3.63, 3.8) is 0 Å². The molecule has 1 aliphatic carbocycles. The minimum Gasteiger partial charge on any atom is -0.469 e. The zero-order valence-corrected chi connectivity index (χ0v) is 12.1. The lowest BCUT2D eigenvalue weighted by Crippen LogP contribution is -2.37. The van der Waals surface area contributed by atoms with Crippen LogP contribution in [0.5, 0.6) is 0 Å². The van der Waals surface area contributed by atoms with E-state index in [9.17, 15) is 0 Å². The molecule has 110 valence electrons. The van der Waals surface area contributed by atoms with Crippen LogP contribution in [-0.4, -0.2) is 29.6 Å². The number of hydrogen-bond acceptors (Lipinski definition) is 5. The number of piperidine rings is 1. The molecule has 5 nitrogen and oxygen atoms in total. The van der Waals surface area contributed by atoms with Crippen molar-refractivity contribution in [2.75, 3.05) is 24.5 Å². The smallest absolute Gasteiger partial charge is 0.225 e. The predicted octanol–water partition coefficient (Wildman–Crippen LogP) is 2.01. The Bertz CT molecular complexity index is 643. The summed E-state index contributed by atoms with van der Waals surface area (Å²) < 4.78 is 5.54. The van der Waals surface area contributed by atoms with Gasteiger partial charge in [0, 0.05) is 31.3 Å². The van der Waals surface area contributed by atoms with Gasteiger partial charge in [-0.05, 0) is 43.4 Å². The summed E-state index contributed by atoms with van der Waals surface area (Å²) in [6, 6.07) is 2.02. The Morgan fingerprint density at radius 3 is 2.95 bits per heavy atom. The van der Waals surface area contributed by atoms with Crippen LogP contribution in [0.3, 0.4) is 0 Å². The van der Waals surface area contributed by atoms with Crippen LogP contribution >= 0.6 is 0 Å². The van der Waals surface area contributed by atoms with Crippen molar-refractivity contribution in [1.82, 2.24) is 9.97 Å². The molecule has 3 heterocycles. The third-order valence-corrected chi connectivity index (χ3v) is 4.70. The molecule has 0 radical (unpaired) electrons. The van der Waals surface area contributed by atoms with E-state index < -0.39 is 0 Å². The molecule has 2 aromatic heterocycles. The van der Waals surface area contributed by atoms with Crippen molar-refractivity contribution in [2.45, 2.75) is 25.7 Å². The molecule has 1 fully saturated rings. The number of rotatable bonds is 2. The van der Waals surface area contributed by atoms with Crippen LogP contribution in [0.25, 0.3) is 11.3 Å². The molecule has 21 heavy (non-hydrogen) atoms. The number of anilines is 1. The van der Waals surface area contributed by atoms with E-state index in [0.717, 1.165) is 68.3 Å². The summed E-state index contributed by atoms with van der Waals surface area (Å²) in [5, 5.41) is 0. The van der Waals surface area contributed by atoms with Crippen LogP contribution in [-0.2, 0) is 12.8 Å². The van der Waals surface area contributed by atoms with E-state index in [2.05, 4.69) is 9.88 Å². The number of fused-ring (bicyclic) bond motifs is 3. The van der Waals surface area contributed by atoms with Gasteiger partial charge in [0.25, 0.3) is 0 Å². The number of aromatic nitrogens is 2. The summed E-state index contributed by atoms with van der Waals surface area (Å²) in [5.74, 6) is 2.55. The first-order valence-corrected chi connectivity index (χ1v) is 7.73. The lowest BCUT2D eigenvalue weighted by Gasteiger charge is -2.31. The maximum Gasteiger partial charge on any atom is 0.225 e. The van der Waals surface area contributed by atoms with Gasteiger partial charge in [-0.3, -0.25) is 0 Å². The van der Waals surface area contributed by atoms with Gasteiger partial charge < -0.3 is 15.1 Å². The second-order valence-electron chi connectivity index (χ2n) is 5.97. The average molecular weight is 284 g/mol. The molecule has 0 atom stereocenters. The molecule has 0 amide bonds. The molecule has 0 unspecified atom stereocenters. The fourth-order valence-corrected chi connectivity index (χ4v) is 3.33. The monoisotopic (exact) mass is 284 g/mol. The predicted molar refractivity (Wildman–Crippen MR) is 81.1 cm³/mol. The van der Waals surface area contributed by atoms with Gasteiger partial charge in [0.2, 0.25) is 5.95 Å². The summed E-state index contributed by atoms with van der Waals surface area (Å²) >= 11 is 0. The van der Waals surface area contributed by atoms with E-state index >= 15 is 0 Å². The normalized spacial score (nSPS) is 18.4. The fourth-order valence-electron chi connectivity index (χ4n) is 3.33. The topological polar surface area (TPSA) is 68.2 Å². The minimum atomic E-state index is 0.652. The summed E-state index contributed by atoms with van der Waals surface area (Å²) in [7, 11) is 0. The van der Waals surface area contributed by atoms with Crippen molar-refractivity contribution in [1.29, 1.82) is 0 Å². The number of aryl methyl sites for hydroxylation is 2. The summed E-state index contributed by atoms with van der Waals surface area (Å²) in [6.07, 6.45) is 7.92. The van der Waals surface area contributed by atoms with Crippen molar-refractivity contribution < 1.29 is 4.42 Å². The summed E-state index contributed by atoms with van der Waals surface area (Å²) in [5.41, 5.74) is 9.17. The van der Waals surface area contributed by atoms with E-state index in [-0.39, 0.29) is 0 Å². The lowest BCUT2D eigenvalue weighted by molar-refractivity contribution is 0.411. The Hall–Kier alpha value is -1.88. The molecule has 0 saturated carbocycles. The van der Waals surface area contributed by atoms with E-state index in [1.807, 2.05) is 12.3 Å². The molecule has 2 N–H and O–H groups in total. The van der Waals surface area contributed by atoms with Crippen molar-refractivity contribution >= 4 is 5.95 Å². The highest BCUT2D eigenvalue weighted by atomic mass is 16.3. The van der Waals surface area contributed by atoms with Gasteiger partial charge in [0.05, 0.1) is 12.0 Å². The molecule has 0 spiro atoms. The Morgan fingerprint density at radius 2 is 2.14 bits per heavy atom. The highest BCUT2D eigenvalue weighted by Gasteiger charge is 2.24. The zero-order valence-electron chi connectivity index (χ0n) is 12.1. The first-order valence-electron chi connectivity index (χ1n) is 7.73. The Balaban J connectivity index is 1.63. The second-order valence-corrected chi connectivity index (χ2v) is 5.97. The number of nitrogens with two attached hydrogens (primary N) is 1. The van der Waals surface area contributed by atoms with Gasteiger partial charge >= 0.3 is 0 Å². The number of furan rings is 1. The van der Waals surface area contributed by atoms with Crippen LogP contribution in [0, 0.1) is 5.92 Å². The highest BCUT2D eigenvalue weighted by Crippen LogP contribution is 2.33. The minimum absolute atomic E-state index is 0.652. The fraction of sp³-hybridized carbons (Fsp3) is 0.500. The Labute approximate surface area is 124 Å². The molecule has 5 heteroatoms. The van der Waals surface area contributed by atoms with Gasteiger partial charge in [-0.15, -0.1) is 0 Å². The van der Waals surface area contributed by atoms with Gasteiger partial charge in [0.1, 0.15) is 5.76 Å². The molecular weight excluding hydrogens is 264 g/mol.